The van der Waals surface area contributed by atoms with E-state index in [1.54, 1.807) is 0 Å². The average molecular weight is 224 g/mol. The zero-order chi connectivity index (χ0) is 12.4. The van der Waals surface area contributed by atoms with Crippen LogP contribution in [0.15, 0.2) is 11.3 Å². The Balaban J connectivity index is 4.17. The Labute approximate surface area is 103 Å². The summed E-state index contributed by atoms with van der Waals surface area (Å²) in [6.45, 7) is 11.4. The molecule has 0 atom stereocenters. The van der Waals surface area contributed by atoms with Gasteiger partial charge in [-0.1, -0.05) is 46.5 Å². The molecule has 1 nitrogen and oxygen atoms in total. The van der Waals surface area contributed by atoms with Crippen LogP contribution in [0.3, 0.4) is 0 Å². The topological polar surface area (TPSA) is 9.23 Å². The number of hydrogen-bond acceptors (Lipinski definition) is 1. The first-order valence-corrected chi connectivity index (χ1v) is 6.98. The molecule has 0 saturated carbocycles. The summed E-state index contributed by atoms with van der Waals surface area (Å²) in [6, 6.07) is 0. The van der Waals surface area contributed by atoms with Gasteiger partial charge in [0.15, 0.2) is 0 Å². The molecular formula is C14H29BO. The van der Waals surface area contributed by atoms with Gasteiger partial charge in [-0.2, -0.15) is 0 Å². The van der Waals surface area contributed by atoms with Crippen molar-refractivity contribution in [3.8, 4) is 0 Å². The lowest BCUT2D eigenvalue weighted by molar-refractivity contribution is 0.418. The van der Waals surface area contributed by atoms with Crippen LogP contribution < -0.4 is 0 Å². The summed E-state index contributed by atoms with van der Waals surface area (Å²) >= 11 is 0. The molecule has 0 aliphatic rings. The van der Waals surface area contributed by atoms with E-state index in [1.165, 1.54) is 43.9 Å². The Morgan fingerprint density at radius 3 is 1.81 bits per heavy atom. The van der Waals surface area contributed by atoms with Crippen molar-refractivity contribution in [2.24, 2.45) is 0 Å². The Hall–Kier alpha value is -0.395. The predicted octanol–water partition coefficient (Wildman–Crippen LogP) is 5.30. The van der Waals surface area contributed by atoms with Gasteiger partial charge in [0.2, 0.25) is 0 Å². The van der Waals surface area contributed by atoms with Crippen molar-refractivity contribution in [1.29, 1.82) is 0 Å². The second-order valence-electron chi connectivity index (χ2n) is 4.71. The van der Waals surface area contributed by atoms with Crippen molar-refractivity contribution >= 4 is 6.92 Å². The maximum Gasteiger partial charge on any atom is 0.357 e. The second kappa shape index (κ2) is 9.80. The van der Waals surface area contributed by atoms with Crippen LogP contribution in [-0.4, -0.2) is 6.92 Å². The van der Waals surface area contributed by atoms with Crippen molar-refractivity contribution in [1.82, 2.24) is 0 Å². The largest absolute Gasteiger partial charge is 0.564 e. The van der Waals surface area contributed by atoms with Crippen LogP contribution in [-0.2, 0) is 4.65 Å². The van der Waals surface area contributed by atoms with Gasteiger partial charge in [-0.05, 0) is 38.5 Å². The first-order chi connectivity index (χ1) is 7.65. The predicted molar refractivity (Wildman–Crippen MR) is 74.9 cm³/mol. The van der Waals surface area contributed by atoms with Gasteiger partial charge in [0.05, 0.1) is 5.76 Å². The molecule has 0 aromatic heterocycles. The zero-order valence-electron chi connectivity index (χ0n) is 11.9. The maximum atomic E-state index is 6.09. The van der Waals surface area contributed by atoms with Crippen LogP contribution in [0.5, 0.6) is 0 Å². The minimum Gasteiger partial charge on any atom is -0.564 e. The van der Waals surface area contributed by atoms with Crippen molar-refractivity contribution in [3.63, 3.8) is 0 Å². The summed E-state index contributed by atoms with van der Waals surface area (Å²) in [5.41, 5.74) is 1.39. The van der Waals surface area contributed by atoms with E-state index in [4.69, 9.17) is 4.65 Å². The number of hydrogen-bond donors (Lipinski definition) is 0. The summed E-state index contributed by atoms with van der Waals surface area (Å²) in [5, 5.41) is 0. The van der Waals surface area contributed by atoms with Crippen molar-refractivity contribution in [2.45, 2.75) is 79.4 Å². The quantitative estimate of drug-likeness (QED) is 0.381. The van der Waals surface area contributed by atoms with E-state index < -0.39 is 0 Å². The lowest BCUT2D eigenvalue weighted by Crippen LogP contribution is -2.17. The summed E-state index contributed by atoms with van der Waals surface area (Å²) in [7, 11) is 0. The Bertz CT molecular complexity index is 191. The van der Waals surface area contributed by atoms with Gasteiger partial charge in [-0.25, -0.2) is 0 Å². The lowest BCUT2D eigenvalue weighted by Gasteiger charge is -2.17. The van der Waals surface area contributed by atoms with Crippen LogP contribution >= 0.6 is 0 Å². The molecule has 0 saturated heterocycles. The molecule has 0 radical (unpaired) electrons. The van der Waals surface area contributed by atoms with Crippen LogP contribution in [0.2, 0.25) is 12.6 Å². The Morgan fingerprint density at radius 2 is 1.44 bits per heavy atom. The molecular weight excluding hydrogens is 195 g/mol. The van der Waals surface area contributed by atoms with E-state index in [0.29, 0.717) is 6.92 Å². The highest BCUT2D eigenvalue weighted by Gasteiger charge is 2.16. The van der Waals surface area contributed by atoms with Gasteiger partial charge in [-0.3, -0.25) is 0 Å². The van der Waals surface area contributed by atoms with E-state index in [0.717, 1.165) is 12.2 Å². The molecule has 0 N–H and O–H groups in total. The summed E-state index contributed by atoms with van der Waals surface area (Å²) in [4.78, 5) is 0. The highest BCUT2D eigenvalue weighted by atomic mass is 16.4. The van der Waals surface area contributed by atoms with E-state index in [-0.39, 0.29) is 0 Å². The van der Waals surface area contributed by atoms with Gasteiger partial charge >= 0.3 is 6.92 Å². The third kappa shape index (κ3) is 6.97. The van der Waals surface area contributed by atoms with Crippen LogP contribution in [0.25, 0.3) is 0 Å². The van der Waals surface area contributed by atoms with Gasteiger partial charge in [0, 0.05) is 0 Å². The number of rotatable bonds is 9. The van der Waals surface area contributed by atoms with E-state index >= 15 is 0 Å². The van der Waals surface area contributed by atoms with Crippen molar-refractivity contribution in [3.05, 3.63) is 11.3 Å². The SMILES string of the molecule is CCCCB(CCCC)O/C(C)=C(\C)CC. The first-order valence-electron chi connectivity index (χ1n) is 6.98. The molecule has 0 aromatic rings. The fourth-order valence-electron chi connectivity index (χ4n) is 1.73. The molecule has 0 fully saturated rings. The summed E-state index contributed by atoms with van der Waals surface area (Å²) in [5.74, 6) is 1.15. The fourth-order valence-corrected chi connectivity index (χ4v) is 1.73. The second-order valence-corrected chi connectivity index (χ2v) is 4.71. The number of allylic oxidation sites excluding steroid dienone is 2. The molecule has 0 heterocycles. The third-order valence-corrected chi connectivity index (χ3v) is 3.23. The third-order valence-electron chi connectivity index (χ3n) is 3.23. The maximum absolute atomic E-state index is 6.09. The monoisotopic (exact) mass is 224 g/mol. The molecule has 16 heavy (non-hydrogen) atoms. The highest BCUT2D eigenvalue weighted by molar-refractivity contribution is 6.52. The Morgan fingerprint density at radius 1 is 0.938 bits per heavy atom. The molecule has 0 aliphatic heterocycles. The molecule has 0 aromatic carbocycles. The first kappa shape index (κ1) is 15.6. The van der Waals surface area contributed by atoms with Crippen molar-refractivity contribution < 1.29 is 4.65 Å². The van der Waals surface area contributed by atoms with Gasteiger partial charge in [0.25, 0.3) is 0 Å². The van der Waals surface area contributed by atoms with Crippen LogP contribution in [0.1, 0.15) is 66.7 Å². The minimum absolute atomic E-state index is 0.446. The highest BCUT2D eigenvalue weighted by Crippen LogP contribution is 2.17. The zero-order valence-corrected chi connectivity index (χ0v) is 11.9. The fraction of sp³-hybridized carbons (Fsp3) is 0.857. The molecule has 0 aliphatic carbocycles. The molecule has 0 unspecified atom stereocenters. The van der Waals surface area contributed by atoms with Crippen LogP contribution in [0.4, 0.5) is 0 Å². The van der Waals surface area contributed by atoms with E-state index in [9.17, 15) is 0 Å². The van der Waals surface area contributed by atoms with Gasteiger partial charge < -0.3 is 4.65 Å². The van der Waals surface area contributed by atoms with Gasteiger partial charge in [-0.15, -0.1) is 0 Å². The molecule has 0 bridgehead atoms. The molecule has 0 spiro atoms. The molecule has 0 amide bonds. The van der Waals surface area contributed by atoms with E-state index in [2.05, 4.69) is 34.6 Å². The lowest BCUT2D eigenvalue weighted by atomic mass is 9.59. The average Bonchev–Trinajstić information content (AvgIpc) is 2.31. The van der Waals surface area contributed by atoms with Crippen LogP contribution in [0, 0.1) is 0 Å². The minimum atomic E-state index is 0.446. The Kier molecular flexibility index (Phi) is 9.56. The van der Waals surface area contributed by atoms with E-state index in [1.807, 2.05) is 0 Å². The summed E-state index contributed by atoms with van der Waals surface area (Å²) in [6.07, 6.45) is 8.62. The summed E-state index contributed by atoms with van der Waals surface area (Å²) < 4.78 is 6.09. The normalized spacial score (nSPS) is 12.3. The smallest absolute Gasteiger partial charge is 0.357 e. The van der Waals surface area contributed by atoms with Gasteiger partial charge in [0.1, 0.15) is 0 Å². The molecule has 2 heteroatoms. The number of unbranched alkanes of at least 4 members (excludes halogenated alkanes) is 2. The van der Waals surface area contributed by atoms with Crippen molar-refractivity contribution in [2.75, 3.05) is 0 Å². The molecule has 94 valence electrons. The molecule has 0 rings (SSSR count). The standard InChI is InChI=1S/C14H29BO/c1-6-9-11-15(12-10-7-2)16-14(5)13(4)8-3/h6-12H2,1-5H3/b14-13+.